The number of hydrogen-bond acceptors (Lipinski definition) is 5. The van der Waals surface area contributed by atoms with E-state index >= 15 is 0 Å². The highest BCUT2D eigenvalue weighted by Crippen LogP contribution is 2.39. The number of fused-ring (bicyclic) bond motifs is 1. The fourth-order valence-electron chi connectivity index (χ4n) is 3.04. The number of aliphatic imine (C=N–C) groups is 1. The lowest BCUT2D eigenvalue weighted by atomic mass is 10.0. The van der Waals surface area contributed by atoms with Gasteiger partial charge < -0.3 is 21.3 Å². The number of halogens is 2. The van der Waals surface area contributed by atoms with Gasteiger partial charge >= 0.3 is 0 Å². The standard InChI is InChI=1S/C21H27Cl2N5OS/c1-3-15(23)11-16(6-8-22)26-12-18-17-7-10-28(20(29)5-4-9-25-2)13-19(17)30-21(18)27-14-24/h3-6,11,14,25-26H,1,7-10,12-13H2,2H3,(H2,24,27)/b5-4+,15-11+,16-6+. The molecule has 30 heavy (non-hydrogen) atoms. The maximum absolute atomic E-state index is 12.4. The van der Waals surface area contributed by atoms with Crippen molar-refractivity contribution in [2.45, 2.75) is 19.5 Å². The van der Waals surface area contributed by atoms with Crippen LogP contribution in [0.15, 0.2) is 52.7 Å². The second-order valence-corrected chi connectivity index (χ2v) is 8.26. The number of carbonyl (C=O) groups excluding carboxylic acids is 1. The molecule has 0 unspecified atom stereocenters. The van der Waals surface area contributed by atoms with Crippen LogP contribution in [0.1, 0.15) is 16.0 Å². The summed E-state index contributed by atoms with van der Waals surface area (Å²) in [4.78, 5) is 19.8. The van der Waals surface area contributed by atoms with E-state index in [0.29, 0.717) is 37.1 Å². The number of carbonyl (C=O) groups is 1. The molecule has 1 aliphatic rings. The van der Waals surface area contributed by atoms with Gasteiger partial charge in [-0.15, -0.1) is 22.9 Å². The number of amides is 1. The van der Waals surface area contributed by atoms with Crippen molar-refractivity contribution in [3.63, 3.8) is 0 Å². The normalized spacial score (nSPS) is 15.1. The van der Waals surface area contributed by atoms with Crippen LogP contribution < -0.4 is 16.4 Å². The van der Waals surface area contributed by atoms with Crippen molar-refractivity contribution in [3.8, 4) is 0 Å². The van der Waals surface area contributed by atoms with E-state index in [1.807, 2.05) is 24.1 Å². The van der Waals surface area contributed by atoms with E-state index in [9.17, 15) is 4.79 Å². The van der Waals surface area contributed by atoms with Crippen molar-refractivity contribution in [2.75, 3.05) is 26.0 Å². The van der Waals surface area contributed by atoms with Crippen LogP contribution in [-0.4, -0.2) is 43.2 Å². The lowest BCUT2D eigenvalue weighted by Gasteiger charge is -2.26. The van der Waals surface area contributed by atoms with Gasteiger partial charge in [-0.05, 0) is 31.2 Å². The summed E-state index contributed by atoms with van der Waals surface area (Å²) < 4.78 is 0. The van der Waals surface area contributed by atoms with Gasteiger partial charge in [0.1, 0.15) is 5.00 Å². The minimum Gasteiger partial charge on any atom is -0.390 e. The highest BCUT2D eigenvalue weighted by atomic mass is 35.5. The van der Waals surface area contributed by atoms with Gasteiger partial charge in [0.2, 0.25) is 5.91 Å². The van der Waals surface area contributed by atoms with Gasteiger partial charge in [0.25, 0.3) is 0 Å². The Hall–Kier alpha value is -2.06. The fourth-order valence-corrected chi connectivity index (χ4v) is 4.56. The van der Waals surface area contributed by atoms with Crippen molar-refractivity contribution in [1.29, 1.82) is 0 Å². The summed E-state index contributed by atoms with van der Waals surface area (Å²) in [6.45, 7) is 6.12. The number of nitrogens with one attached hydrogen (secondary N) is 2. The van der Waals surface area contributed by atoms with E-state index in [2.05, 4.69) is 22.2 Å². The number of likely N-dealkylation sites (N-methyl/N-ethyl adjacent to an activating group) is 1. The Kier molecular flexibility index (Phi) is 10.2. The Morgan fingerprint density at radius 3 is 2.93 bits per heavy atom. The highest BCUT2D eigenvalue weighted by Gasteiger charge is 2.25. The first-order valence-corrected chi connectivity index (χ1v) is 11.2. The van der Waals surface area contributed by atoms with E-state index < -0.39 is 0 Å². The average Bonchev–Trinajstić information content (AvgIpc) is 3.08. The summed E-state index contributed by atoms with van der Waals surface area (Å²) in [6.07, 6.45) is 10.7. The van der Waals surface area contributed by atoms with E-state index in [1.165, 1.54) is 11.9 Å². The number of allylic oxidation sites excluding steroid dienone is 4. The Bertz CT molecular complexity index is 873. The first kappa shape index (κ1) is 24.2. The largest absolute Gasteiger partial charge is 0.390 e. The molecule has 0 saturated heterocycles. The Labute approximate surface area is 191 Å². The third kappa shape index (κ3) is 6.74. The summed E-state index contributed by atoms with van der Waals surface area (Å²) in [5.74, 6) is 0.373. The molecule has 0 spiro atoms. The SMILES string of the molecule is C=C/C(Cl)=C\C(=C/CCl)NCc1c(/N=C\N)sc2c1CCN(C(=O)/C=C/CNC)C2. The molecule has 1 aliphatic heterocycles. The molecule has 0 bridgehead atoms. The zero-order valence-electron chi connectivity index (χ0n) is 17.0. The smallest absolute Gasteiger partial charge is 0.246 e. The number of nitrogens with zero attached hydrogens (tertiary/aromatic N) is 2. The van der Waals surface area contributed by atoms with Crippen LogP contribution in [0.3, 0.4) is 0 Å². The van der Waals surface area contributed by atoms with Gasteiger partial charge in [-0.1, -0.05) is 30.3 Å². The molecular formula is C21H27Cl2N5OS. The second-order valence-electron chi connectivity index (χ2n) is 6.44. The van der Waals surface area contributed by atoms with Gasteiger partial charge in [-0.2, -0.15) is 0 Å². The molecule has 0 aromatic carbocycles. The zero-order chi connectivity index (χ0) is 21.9. The number of alkyl halides is 1. The zero-order valence-corrected chi connectivity index (χ0v) is 19.3. The minimum absolute atomic E-state index is 0.0180. The first-order chi connectivity index (χ1) is 14.5. The topological polar surface area (TPSA) is 82.8 Å². The Morgan fingerprint density at radius 1 is 1.47 bits per heavy atom. The molecular weight excluding hydrogens is 441 g/mol. The molecule has 2 heterocycles. The third-order valence-corrected chi connectivity index (χ3v) is 6.07. The van der Waals surface area contributed by atoms with Gasteiger partial charge in [0.15, 0.2) is 0 Å². The minimum atomic E-state index is 0.0180. The van der Waals surface area contributed by atoms with Crippen LogP contribution in [0, 0.1) is 0 Å². The van der Waals surface area contributed by atoms with E-state index in [1.54, 1.807) is 29.6 Å². The maximum Gasteiger partial charge on any atom is 0.246 e. The van der Waals surface area contributed by atoms with E-state index in [4.69, 9.17) is 28.9 Å². The average molecular weight is 468 g/mol. The molecule has 0 radical (unpaired) electrons. The van der Waals surface area contributed by atoms with Gasteiger partial charge in [-0.25, -0.2) is 4.99 Å². The molecule has 0 saturated carbocycles. The molecule has 1 aromatic rings. The summed E-state index contributed by atoms with van der Waals surface area (Å²) in [7, 11) is 1.84. The predicted octanol–water partition coefficient (Wildman–Crippen LogP) is 3.55. The summed E-state index contributed by atoms with van der Waals surface area (Å²) >= 11 is 13.5. The highest BCUT2D eigenvalue weighted by molar-refractivity contribution is 7.16. The van der Waals surface area contributed by atoms with Crippen LogP contribution in [-0.2, 0) is 24.3 Å². The number of nitrogens with two attached hydrogens (primary N) is 1. The number of thiophene rings is 1. The molecule has 162 valence electrons. The molecule has 0 fully saturated rings. The van der Waals surface area contributed by atoms with Crippen LogP contribution in [0.2, 0.25) is 0 Å². The van der Waals surface area contributed by atoms with Crippen LogP contribution in [0.4, 0.5) is 5.00 Å². The Morgan fingerprint density at radius 2 is 2.27 bits per heavy atom. The summed E-state index contributed by atoms with van der Waals surface area (Å²) in [6, 6.07) is 0. The number of rotatable bonds is 10. The van der Waals surface area contributed by atoms with Crippen LogP contribution >= 0.6 is 34.5 Å². The lowest BCUT2D eigenvalue weighted by Crippen LogP contribution is -2.34. The third-order valence-electron chi connectivity index (χ3n) is 4.49. The molecule has 1 amide bonds. The molecule has 0 aliphatic carbocycles. The van der Waals surface area contributed by atoms with Gasteiger partial charge in [0.05, 0.1) is 12.9 Å². The molecule has 6 nitrogen and oxygen atoms in total. The maximum atomic E-state index is 12.4. The monoisotopic (exact) mass is 467 g/mol. The first-order valence-electron chi connectivity index (χ1n) is 9.51. The fraction of sp³-hybridized carbons (Fsp3) is 0.333. The molecule has 2 rings (SSSR count). The van der Waals surface area contributed by atoms with Crippen molar-refractivity contribution >= 4 is 51.8 Å². The summed E-state index contributed by atoms with van der Waals surface area (Å²) in [5.41, 5.74) is 8.68. The van der Waals surface area contributed by atoms with Crippen molar-refractivity contribution in [2.24, 2.45) is 10.7 Å². The molecule has 1 aromatic heterocycles. The van der Waals surface area contributed by atoms with Crippen LogP contribution in [0.25, 0.3) is 0 Å². The number of hydrogen-bond donors (Lipinski definition) is 3. The molecule has 9 heteroatoms. The van der Waals surface area contributed by atoms with Crippen LogP contribution in [0.5, 0.6) is 0 Å². The Balaban J connectivity index is 2.21. The van der Waals surface area contributed by atoms with Gasteiger partial charge in [0, 0.05) is 52.8 Å². The van der Waals surface area contributed by atoms with E-state index in [0.717, 1.165) is 27.6 Å². The van der Waals surface area contributed by atoms with E-state index in [-0.39, 0.29) is 5.91 Å². The lowest BCUT2D eigenvalue weighted by molar-refractivity contribution is -0.126. The van der Waals surface area contributed by atoms with Crippen molar-refractivity contribution in [1.82, 2.24) is 15.5 Å². The second kappa shape index (κ2) is 12.6. The molecule has 0 atom stereocenters. The molecule has 4 N–H and O–H groups in total. The summed E-state index contributed by atoms with van der Waals surface area (Å²) in [5, 5.41) is 7.73. The predicted molar refractivity (Wildman–Crippen MR) is 129 cm³/mol. The quantitative estimate of drug-likeness (QED) is 0.161. The van der Waals surface area contributed by atoms with Crippen molar-refractivity contribution < 1.29 is 4.79 Å². The van der Waals surface area contributed by atoms with Crippen molar-refractivity contribution in [3.05, 3.63) is 63.7 Å². The van der Waals surface area contributed by atoms with Gasteiger partial charge in [-0.3, -0.25) is 4.79 Å².